The zero-order chi connectivity index (χ0) is 12.5. The number of benzene rings is 1. The number of thioether (sulfide) groups is 1. The molecule has 94 valence electrons. The molecule has 3 nitrogen and oxygen atoms in total. The molecule has 2 atom stereocenters. The van der Waals surface area contributed by atoms with Gasteiger partial charge in [0.15, 0.2) is 12.0 Å². The van der Waals surface area contributed by atoms with Crippen LogP contribution in [0.4, 0.5) is 4.39 Å². The minimum Gasteiger partial charge on any atom is -0.239 e. The fraction of sp³-hybridized carbons (Fsp3) is 0.385. The van der Waals surface area contributed by atoms with Crippen molar-refractivity contribution in [2.75, 3.05) is 5.75 Å². The van der Waals surface area contributed by atoms with Crippen molar-refractivity contribution < 1.29 is 4.39 Å². The minimum atomic E-state index is -1.01. The van der Waals surface area contributed by atoms with E-state index in [1.165, 1.54) is 0 Å². The fourth-order valence-electron chi connectivity index (χ4n) is 2.30. The average Bonchev–Trinajstić information content (AvgIpc) is 2.92. The second kappa shape index (κ2) is 4.72. The van der Waals surface area contributed by atoms with Crippen LogP contribution < -0.4 is 0 Å². The molecule has 0 bridgehead atoms. The maximum absolute atomic E-state index is 14.0. The lowest BCUT2D eigenvalue weighted by atomic mass is 10.0. The van der Waals surface area contributed by atoms with Crippen molar-refractivity contribution in [3.63, 3.8) is 0 Å². The summed E-state index contributed by atoms with van der Waals surface area (Å²) < 4.78 is 15.7. The van der Waals surface area contributed by atoms with Gasteiger partial charge in [0.25, 0.3) is 0 Å². The van der Waals surface area contributed by atoms with Gasteiger partial charge in [-0.25, -0.2) is 14.1 Å². The zero-order valence-electron chi connectivity index (χ0n) is 10.1. The number of nitrogens with zero attached hydrogens (tertiary/aromatic N) is 3. The molecule has 1 aliphatic heterocycles. The first kappa shape index (κ1) is 11.7. The largest absolute Gasteiger partial charge is 0.239 e. The number of aromatic nitrogens is 3. The summed E-state index contributed by atoms with van der Waals surface area (Å²) in [5, 5.41) is 5.09. The van der Waals surface area contributed by atoms with Gasteiger partial charge in [-0.1, -0.05) is 49.0 Å². The highest BCUT2D eigenvalue weighted by Gasteiger charge is 2.35. The van der Waals surface area contributed by atoms with E-state index in [0.717, 1.165) is 11.3 Å². The van der Waals surface area contributed by atoms with E-state index in [-0.39, 0.29) is 6.04 Å². The Labute approximate surface area is 109 Å². The standard InChI is InChI=1S/C13H14FN3S/c1-2-18-13-15-12-10(14)8-11(17(12)16-13)9-6-4-3-5-7-9/h3-7,10-11H,2,8H2,1H3. The van der Waals surface area contributed by atoms with Crippen LogP contribution in [0, 0.1) is 0 Å². The SMILES string of the molecule is CCSc1nc2n(n1)C(c1ccccc1)CC2F. The first-order chi connectivity index (χ1) is 8.79. The summed E-state index contributed by atoms with van der Waals surface area (Å²) in [5.41, 5.74) is 1.09. The smallest absolute Gasteiger partial charge is 0.208 e. The van der Waals surface area contributed by atoms with Crippen LogP contribution in [0.5, 0.6) is 0 Å². The van der Waals surface area contributed by atoms with E-state index in [1.807, 2.05) is 37.3 Å². The molecule has 0 amide bonds. The normalized spacial score (nSPS) is 22.1. The summed E-state index contributed by atoms with van der Waals surface area (Å²) in [6.45, 7) is 2.04. The van der Waals surface area contributed by atoms with Crippen LogP contribution in [0.1, 0.15) is 36.9 Å². The molecule has 1 aromatic carbocycles. The molecule has 5 heteroatoms. The van der Waals surface area contributed by atoms with Crippen molar-refractivity contribution in [3.8, 4) is 0 Å². The number of hydrogen-bond acceptors (Lipinski definition) is 3. The van der Waals surface area contributed by atoms with Gasteiger partial charge in [0.2, 0.25) is 5.16 Å². The zero-order valence-corrected chi connectivity index (χ0v) is 10.9. The van der Waals surface area contributed by atoms with Crippen molar-refractivity contribution >= 4 is 11.8 Å². The molecule has 0 N–H and O–H groups in total. The topological polar surface area (TPSA) is 30.7 Å². The Morgan fingerprint density at radius 1 is 1.39 bits per heavy atom. The van der Waals surface area contributed by atoms with E-state index in [4.69, 9.17) is 0 Å². The maximum Gasteiger partial charge on any atom is 0.208 e. The molecule has 3 rings (SSSR count). The Morgan fingerprint density at radius 2 is 2.17 bits per heavy atom. The van der Waals surface area contributed by atoms with Crippen LogP contribution in [0.25, 0.3) is 0 Å². The lowest BCUT2D eigenvalue weighted by molar-refractivity contribution is 0.327. The van der Waals surface area contributed by atoms with Crippen molar-refractivity contribution in [1.29, 1.82) is 0 Å². The molecular formula is C13H14FN3S. The molecule has 0 radical (unpaired) electrons. The third-order valence-corrected chi connectivity index (χ3v) is 3.82. The third kappa shape index (κ3) is 1.92. The minimum absolute atomic E-state index is 0.0186. The van der Waals surface area contributed by atoms with Gasteiger partial charge in [0.05, 0.1) is 6.04 Å². The number of halogens is 1. The molecule has 18 heavy (non-hydrogen) atoms. The van der Waals surface area contributed by atoms with Crippen molar-refractivity contribution in [1.82, 2.24) is 14.8 Å². The summed E-state index contributed by atoms with van der Waals surface area (Å²) in [6, 6.07) is 9.92. The Hall–Kier alpha value is -1.36. The van der Waals surface area contributed by atoms with Crippen LogP contribution in [-0.2, 0) is 0 Å². The molecule has 2 heterocycles. The van der Waals surface area contributed by atoms with Gasteiger partial charge in [-0.2, -0.15) is 0 Å². The predicted molar refractivity (Wildman–Crippen MR) is 69.5 cm³/mol. The van der Waals surface area contributed by atoms with Gasteiger partial charge < -0.3 is 0 Å². The second-order valence-corrected chi connectivity index (χ2v) is 5.49. The van der Waals surface area contributed by atoms with E-state index in [2.05, 4.69) is 10.1 Å². The monoisotopic (exact) mass is 263 g/mol. The summed E-state index contributed by atoms with van der Waals surface area (Å²) in [6.07, 6.45) is -0.565. The molecule has 1 aliphatic rings. The quantitative estimate of drug-likeness (QED) is 0.795. The van der Waals surface area contributed by atoms with Crippen molar-refractivity contribution in [2.24, 2.45) is 0 Å². The van der Waals surface area contributed by atoms with Gasteiger partial charge in [0.1, 0.15) is 0 Å². The van der Waals surface area contributed by atoms with E-state index < -0.39 is 6.17 Å². The van der Waals surface area contributed by atoms with Crippen LogP contribution in [0.15, 0.2) is 35.5 Å². The lowest BCUT2D eigenvalue weighted by Crippen LogP contribution is -2.07. The Balaban J connectivity index is 1.97. The maximum atomic E-state index is 14.0. The molecule has 2 aromatic rings. The predicted octanol–water partition coefficient (Wildman–Crippen LogP) is 3.39. The Bertz CT molecular complexity index is 540. The van der Waals surface area contributed by atoms with Crippen molar-refractivity contribution in [3.05, 3.63) is 41.7 Å². The van der Waals surface area contributed by atoms with Crippen LogP contribution >= 0.6 is 11.8 Å². The van der Waals surface area contributed by atoms with Crippen LogP contribution in [0.3, 0.4) is 0 Å². The van der Waals surface area contributed by atoms with E-state index in [1.54, 1.807) is 16.4 Å². The lowest BCUT2D eigenvalue weighted by Gasteiger charge is -2.11. The highest BCUT2D eigenvalue weighted by Crippen LogP contribution is 2.39. The molecule has 0 aliphatic carbocycles. The second-order valence-electron chi connectivity index (χ2n) is 4.26. The van der Waals surface area contributed by atoms with Crippen LogP contribution in [0.2, 0.25) is 0 Å². The fourth-order valence-corrected chi connectivity index (χ4v) is 2.86. The number of fused-ring (bicyclic) bond motifs is 1. The number of alkyl halides is 1. The highest BCUT2D eigenvalue weighted by molar-refractivity contribution is 7.99. The molecular weight excluding hydrogens is 249 g/mol. The van der Waals surface area contributed by atoms with Gasteiger partial charge in [0, 0.05) is 6.42 Å². The van der Waals surface area contributed by atoms with E-state index in [9.17, 15) is 4.39 Å². The third-order valence-electron chi connectivity index (χ3n) is 3.10. The molecule has 1 aromatic heterocycles. The first-order valence-corrected chi connectivity index (χ1v) is 7.06. The van der Waals surface area contributed by atoms with Gasteiger partial charge in [-0.15, -0.1) is 5.10 Å². The Morgan fingerprint density at radius 3 is 2.89 bits per heavy atom. The van der Waals surface area contributed by atoms with Gasteiger partial charge in [-0.05, 0) is 11.3 Å². The van der Waals surface area contributed by atoms with Gasteiger partial charge >= 0.3 is 0 Å². The summed E-state index contributed by atoms with van der Waals surface area (Å²) in [4.78, 5) is 4.28. The first-order valence-electron chi connectivity index (χ1n) is 6.08. The molecule has 0 saturated heterocycles. The molecule has 0 spiro atoms. The van der Waals surface area contributed by atoms with Gasteiger partial charge in [-0.3, -0.25) is 0 Å². The number of hydrogen-bond donors (Lipinski definition) is 0. The highest BCUT2D eigenvalue weighted by atomic mass is 32.2. The van der Waals surface area contributed by atoms with Crippen molar-refractivity contribution in [2.45, 2.75) is 30.7 Å². The summed E-state index contributed by atoms with van der Waals surface area (Å²) in [7, 11) is 0. The van der Waals surface area contributed by atoms with E-state index in [0.29, 0.717) is 17.4 Å². The molecule has 0 saturated carbocycles. The number of rotatable bonds is 3. The van der Waals surface area contributed by atoms with Crippen LogP contribution in [-0.4, -0.2) is 20.5 Å². The Kier molecular flexibility index (Phi) is 3.07. The summed E-state index contributed by atoms with van der Waals surface area (Å²) in [5.74, 6) is 1.37. The summed E-state index contributed by atoms with van der Waals surface area (Å²) >= 11 is 1.55. The van der Waals surface area contributed by atoms with E-state index >= 15 is 0 Å². The molecule has 0 fully saturated rings. The average molecular weight is 263 g/mol. The molecule has 2 unspecified atom stereocenters.